The van der Waals surface area contributed by atoms with Gasteiger partial charge in [0.2, 0.25) is 11.8 Å². The van der Waals surface area contributed by atoms with Crippen LogP contribution in [0.3, 0.4) is 0 Å². The third-order valence-corrected chi connectivity index (χ3v) is 4.87. The number of anilines is 1. The van der Waals surface area contributed by atoms with Crippen molar-refractivity contribution in [3.8, 4) is 0 Å². The van der Waals surface area contributed by atoms with E-state index in [9.17, 15) is 9.59 Å². The second-order valence-corrected chi connectivity index (χ2v) is 7.18. The number of pyridine rings is 1. The molecule has 0 unspecified atom stereocenters. The number of nitrogens with zero attached hydrogens (tertiary/aromatic N) is 1. The lowest BCUT2D eigenvalue weighted by molar-refractivity contribution is -0.127. The Balaban J connectivity index is 1.72. The predicted molar refractivity (Wildman–Crippen MR) is 119 cm³/mol. The van der Waals surface area contributed by atoms with Crippen LogP contribution < -0.4 is 22.1 Å². The van der Waals surface area contributed by atoms with Crippen molar-refractivity contribution in [2.75, 3.05) is 11.9 Å². The Kier molecular flexibility index (Phi) is 7.48. The van der Waals surface area contributed by atoms with Crippen LogP contribution in [0.5, 0.6) is 0 Å². The Morgan fingerprint density at radius 1 is 0.967 bits per heavy atom. The molecule has 1 heterocycles. The van der Waals surface area contributed by atoms with Crippen molar-refractivity contribution in [1.29, 1.82) is 0 Å². The van der Waals surface area contributed by atoms with E-state index in [1.807, 2.05) is 60.7 Å². The molecule has 2 aromatic carbocycles. The van der Waals surface area contributed by atoms with Crippen molar-refractivity contribution in [2.24, 2.45) is 11.5 Å². The number of benzene rings is 2. The standard InChI is InChI=1S/C23H27N5O2/c24-13-12-19(25)22(29)28-21(11-10-16-6-2-1-3-7-16)23(30)27-18-14-17-8-4-5-9-20(17)26-15-18/h1-9,14-15,19,21H,10-13,24-25H2,(H,27,30)(H,28,29)/t19-,21+/m0/s1. The molecule has 156 valence electrons. The van der Waals surface area contributed by atoms with Crippen LogP contribution in [0.2, 0.25) is 0 Å². The quantitative estimate of drug-likeness (QED) is 0.433. The van der Waals surface area contributed by atoms with E-state index in [4.69, 9.17) is 11.5 Å². The van der Waals surface area contributed by atoms with Gasteiger partial charge in [0.05, 0.1) is 23.4 Å². The summed E-state index contributed by atoms with van der Waals surface area (Å²) in [6.07, 6.45) is 3.04. The van der Waals surface area contributed by atoms with Crippen LogP contribution in [0.1, 0.15) is 18.4 Å². The van der Waals surface area contributed by atoms with Crippen molar-refractivity contribution in [2.45, 2.75) is 31.3 Å². The number of carbonyl (C=O) groups excluding carboxylic acids is 2. The Labute approximate surface area is 175 Å². The zero-order valence-electron chi connectivity index (χ0n) is 16.8. The average molecular weight is 406 g/mol. The summed E-state index contributed by atoms with van der Waals surface area (Å²) in [5.41, 5.74) is 13.9. The first-order chi connectivity index (χ1) is 14.6. The Morgan fingerprint density at radius 2 is 1.70 bits per heavy atom. The lowest BCUT2D eigenvalue weighted by Gasteiger charge is -2.21. The molecule has 0 aliphatic heterocycles. The molecule has 0 aliphatic carbocycles. The molecule has 3 rings (SSSR count). The summed E-state index contributed by atoms with van der Waals surface area (Å²) in [4.78, 5) is 29.7. The van der Waals surface area contributed by atoms with Crippen molar-refractivity contribution < 1.29 is 9.59 Å². The van der Waals surface area contributed by atoms with Crippen molar-refractivity contribution in [3.63, 3.8) is 0 Å². The number of hydrogen-bond donors (Lipinski definition) is 4. The number of aryl methyl sites for hydroxylation is 1. The summed E-state index contributed by atoms with van der Waals surface area (Å²) in [5, 5.41) is 6.56. The molecule has 0 saturated carbocycles. The molecular weight excluding hydrogens is 378 g/mol. The smallest absolute Gasteiger partial charge is 0.247 e. The van der Waals surface area contributed by atoms with Gasteiger partial charge in [-0.25, -0.2) is 0 Å². The summed E-state index contributed by atoms with van der Waals surface area (Å²) in [7, 11) is 0. The molecule has 0 saturated heterocycles. The van der Waals surface area contributed by atoms with E-state index < -0.39 is 12.1 Å². The lowest BCUT2D eigenvalue weighted by atomic mass is 10.0. The average Bonchev–Trinajstić information content (AvgIpc) is 2.77. The number of fused-ring (bicyclic) bond motifs is 1. The Bertz CT molecular complexity index is 993. The van der Waals surface area contributed by atoms with E-state index in [-0.39, 0.29) is 11.8 Å². The van der Waals surface area contributed by atoms with Crippen LogP contribution in [0.4, 0.5) is 5.69 Å². The van der Waals surface area contributed by atoms with E-state index in [0.29, 0.717) is 31.5 Å². The number of aromatic nitrogens is 1. The molecule has 2 amide bonds. The Hall–Kier alpha value is -3.29. The third-order valence-electron chi connectivity index (χ3n) is 4.87. The molecule has 0 radical (unpaired) electrons. The van der Waals surface area contributed by atoms with E-state index in [2.05, 4.69) is 15.6 Å². The number of para-hydroxylation sites is 1. The first-order valence-electron chi connectivity index (χ1n) is 10.0. The SMILES string of the molecule is NCC[C@H](N)C(=O)N[C@H](CCc1ccccc1)C(=O)Nc1cnc2ccccc2c1. The topological polar surface area (TPSA) is 123 Å². The summed E-state index contributed by atoms with van der Waals surface area (Å²) in [6, 6.07) is 17.9. The second kappa shape index (κ2) is 10.5. The van der Waals surface area contributed by atoms with Gasteiger partial charge in [-0.05, 0) is 43.5 Å². The maximum atomic E-state index is 13.0. The Morgan fingerprint density at radius 3 is 2.47 bits per heavy atom. The number of carbonyl (C=O) groups is 2. The minimum Gasteiger partial charge on any atom is -0.343 e. The largest absolute Gasteiger partial charge is 0.343 e. The van der Waals surface area contributed by atoms with Gasteiger partial charge >= 0.3 is 0 Å². The first kappa shape index (κ1) is 21.4. The summed E-state index contributed by atoms with van der Waals surface area (Å²) >= 11 is 0. The highest BCUT2D eigenvalue weighted by Crippen LogP contribution is 2.17. The number of rotatable bonds is 9. The van der Waals surface area contributed by atoms with E-state index in [1.54, 1.807) is 6.20 Å². The zero-order chi connectivity index (χ0) is 21.3. The molecular formula is C23H27N5O2. The molecule has 2 atom stereocenters. The van der Waals surface area contributed by atoms with Crippen LogP contribution in [0.25, 0.3) is 10.9 Å². The molecule has 6 N–H and O–H groups in total. The minimum absolute atomic E-state index is 0.304. The molecule has 30 heavy (non-hydrogen) atoms. The molecule has 7 nitrogen and oxygen atoms in total. The van der Waals surface area contributed by atoms with Crippen LogP contribution in [-0.2, 0) is 16.0 Å². The second-order valence-electron chi connectivity index (χ2n) is 7.18. The van der Waals surface area contributed by atoms with Gasteiger partial charge in [-0.2, -0.15) is 0 Å². The number of amides is 2. The van der Waals surface area contributed by atoms with Gasteiger partial charge in [-0.3, -0.25) is 14.6 Å². The lowest BCUT2D eigenvalue weighted by Crippen LogP contribution is -2.50. The fraction of sp³-hybridized carbons (Fsp3) is 0.261. The van der Waals surface area contributed by atoms with Crippen molar-refractivity contribution in [3.05, 3.63) is 72.4 Å². The van der Waals surface area contributed by atoms with Gasteiger partial charge in [-0.15, -0.1) is 0 Å². The van der Waals surface area contributed by atoms with Gasteiger partial charge < -0.3 is 22.1 Å². The van der Waals surface area contributed by atoms with E-state index in [0.717, 1.165) is 16.5 Å². The highest BCUT2D eigenvalue weighted by molar-refractivity contribution is 5.98. The van der Waals surface area contributed by atoms with Crippen molar-refractivity contribution >= 4 is 28.4 Å². The van der Waals surface area contributed by atoms with Crippen molar-refractivity contribution in [1.82, 2.24) is 10.3 Å². The molecule has 3 aromatic rings. The van der Waals surface area contributed by atoms with Crippen LogP contribution in [0.15, 0.2) is 66.9 Å². The van der Waals surface area contributed by atoms with Gasteiger partial charge in [0.25, 0.3) is 0 Å². The minimum atomic E-state index is -0.746. The third kappa shape index (κ3) is 5.85. The number of hydrogen-bond acceptors (Lipinski definition) is 5. The molecule has 0 fully saturated rings. The van der Waals surface area contributed by atoms with Gasteiger partial charge in [0.15, 0.2) is 0 Å². The molecule has 0 spiro atoms. The van der Waals surface area contributed by atoms with Gasteiger partial charge in [0.1, 0.15) is 6.04 Å². The summed E-state index contributed by atoms with van der Waals surface area (Å²) in [5.74, 6) is -0.693. The zero-order valence-corrected chi connectivity index (χ0v) is 16.8. The molecule has 7 heteroatoms. The highest BCUT2D eigenvalue weighted by Gasteiger charge is 2.23. The fourth-order valence-electron chi connectivity index (χ4n) is 3.18. The normalized spacial score (nSPS) is 12.9. The summed E-state index contributed by atoms with van der Waals surface area (Å²) in [6.45, 7) is 0.304. The number of nitrogens with two attached hydrogens (primary N) is 2. The number of nitrogens with one attached hydrogen (secondary N) is 2. The molecule has 1 aromatic heterocycles. The fourth-order valence-corrected chi connectivity index (χ4v) is 3.18. The maximum Gasteiger partial charge on any atom is 0.247 e. The van der Waals surface area contributed by atoms with Gasteiger partial charge in [0, 0.05) is 5.39 Å². The molecule has 0 bridgehead atoms. The maximum absolute atomic E-state index is 13.0. The van der Waals surface area contributed by atoms with Gasteiger partial charge in [-0.1, -0.05) is 48.5 Å². The van der Waals surface area contributed by atoms with E-state index >= 15 is 0 Å². The monoisotopic (exact) mass is 405 g/mol. The highest BCUT2D eigenvalue weighted by atomic mass is 16.2. The first-order valence-corrected chi connectivity index (χ1v) is 10.0. The predicted octanol–water partition coefficient (Wildman–Crippen LogP) is 1.97. The van der Waals surface area contributed by atoms with Crippen LogP contribution in [0, 0.1) is 0 Å². The van der Waals surface area contributed by atoms with E-state index in [1.165, 1.54) is 0 Å². The summed E-state index contributed by atoms with van der Waals surface area (Å²) < 4.78 is 0. The molecule has 0 aliphatic rings. The van der Waals surface area contributed by atoms with Crippen LogP contribution in [-0.4, -0.2) is 35.4 Å². The van der Waals surface area contributed by atoms with Crippen LogP contribution >= 0.6 is 0 Å².